The van der Waals surface area contributed by atoms with Crippen LogP contribution in [0, 0.1) is 5.82 Å². The zero-order valence-corrected chi connectivity index (χ0v) is 9.40. The lowest BCUT2D eigenvalue weighted by molar-refractivity contribution is -0.131. The summed E-state index contributed by atoms with van der Waals surface area (Å²) < 4.78 is 13.2. The minimum Gasteiger partial charge on any atom is -0.381 e. The molecule has 1 aromatic rings. The fraction of sp³-hybridized carbons (Fsp3) is 0.417. The van der Waals surface area contributed by atoms with Crippen molar-refractivity contribution in [3.8, 4) is 0 Å². The number of aliphatic hydroxyl groups is 1. The van der Waals surface area contributed by atoms with Gasteiger partial charge in [-0.3, -0.25) is 4.79 Å². The molecule has 0 radical (unpaired) electrons. The van der Waals surface area contributed by atoms with Crippen molar-refractivity contribution in [3.05, 3.63) is 29.6 Å². The highest BCUT2D eigenvalue weighted by Gasteiger charge is 2.53. The summed E-state index contributed by atoms with van der Waals surface area (Å²) in [6, 6.07) is 4.28. The fourth-order valence-electron chi connectivity index (χ4n) is 2.78. The third-order valence-electron chi connectivity index (χ3n) is 3.64. The number of carbonyl (C=O) groups is 1. The molecule has 1 fully saturated rings. The zero-order chi connectivity index (χ0) is 12.2. The Morgan fingerprint density at radius 1 is 1.65 bits per heavy atom. The molecule has 2 unspecified atom stereocenters. The highest BCUT2D eigenvalue weighted by atomic mass is 19.1. The molecule has 0 saturated carbocycles. The SMILES string of the molecule is CC(=O)N1CCC2(O)c3cc(F)ccc3NC12. The Balaban J connectivity index is 2.07. The summed E-state index contributed by atoms with van der Waals surface area (Å²) in [7, 11) is 0. The Kier molecular flexibility index (Phi) is 1.98. The number of hydrogen-bond acceptors (Lipinski definition) is 3. The molecular formula is C12H13FN2O2. The van der Waals surface area contributed by atoms with Gasteiger partial charge in [-0.05, 0) is 18.2 Å². The summed E-state index contributed by atoms with van der Waals surface area (Å²) >= 11 is 0. The van der Waals surface area contributed by atoms with E-state index in [0.717, 1.165) is 0 Å². The maximum absolute atomic E-state index is 13.2. The molecule has 90 valence electrons. The van der Waals surface area contributed by atoms with E-state index in [-0.39, 0.29) is 11.7 Å². The monoisotopic (exact) mass is 236 g/mol. The lowest BCUT2D eigenvalue weighted by Gasteiger charge is -2.27. The molecule has 2 aliphatic rings. The van der Waals surface area contributed by atoms with E-state index < -0.39 is 11.8 Å². The largest absolute Gasteiger partial charge is 0.381 e. The van der Waals surface area contributed by atoms with Crippen LogP contribution in [0.1, 0.15) is 18.9 Å². The van der Waals surface area contributed by atoms with Gasteiger partial charge in [-0.1, -0.05) is 0 Å². The van der Waals surface area contributed by atoms with Crippen LogP contribution in [-0.4, -0.2) is 28.6 Å². The molecule has 3 rings (SSSR count). The maximum atomic E-state index is 13.2. The van der Waals surface area contributed by atoms with Gasteiger partial charge in [-0.15, -0.1) is 0 Å². The van der Waals surface area contributed by atoms with Gasteiger partial charge in [-0.25, -0.2) is 4.39 Å². The van der Waals surface area contributed by atoms with Crippen LogP contribution < -0.4 is 5.32 Å². The van der Waals surface area contributed by atoms with E-state index in [9.17, 15) is 14.3 Å². The van der Waals surface area contributed by atoms with Crippen LogP contribution in [0.4, 0.5) is 10.1 Å². The molecule has 5 heteroatoms. The normalized spacial score (nSPS) is 29.8. The van der Waals surface area contributed by atoms with Crippen LogP contribution in [0.25, 0.3) is 0 Å². The van der Waals surface area contributed by atoms with Crippen molar-refractivity contribution in [2.24, 2.45) is 0 Å². The second kappa shape index (κ2) is 3.20. The summed E-state index contributed by atoms with van der Waals surface area (Å²) in [4.78, 5) is 13.0. The molecule has 0 spiro atoms. The number of benzene rings is 1. The minimum absolute atomic E-state index is 0.0910. The highest BCUT2D eigenvalue weighted by molar-refractivity contribution is 5.76. The van der Waals surface area contributed by atoms with Crippen LogP contribution in [0.3, 0.4) is 0 Å². The van der Waals surface area contributed by atoms with E-state index in [1.54, 1.807) is 11.0 Å². The summed E-state index contributed by atoms with van der Waals surface area (Å²) in [6.07, 6.45) is -0.0439. The number of anilines is 1. The highest BCUT2D eigenvalue weighted by Crippen LogP contribution is 2.46. The first-order chi connectivity index (χ1) is 8.02. The van der Waals surface area contributed by atoms with Gasteiger partial charge in [0, 0.05) is 31.1 Å². The van der Waals surface area contributed by atoms with Crippen molar-refractivity contribution < 1.29 is 14.3 Å². The van der Waals surface area contributed by atoms with Crippen molar-refractivity contribution in [2.75, 3.05) is 11.9 Å². The van der Waals surface area contributed by atoms with Crippen LogP contribution >= 0.6 is 0 Å². The number of amides is 1. The van der Waals surface area contributed by atoms with E-state index in [2.05, 4.69) is 5.32 Å². The summed E-state index contributed by atoms with van der Waals surface area (Å²) in [5.74, 6) is -0.465. The third kappa shape index (κ3) is 1.29. The number of hydrogen-bond donors (Lipinski definition) is 2. The van der Waals surface area contributed by atoms with Gasteiger partial charge in [-0.2, -0.15) is 0 Å². The van der Waals surface area contributed by atoms with Gasteiger partial charge in [0.05, 0.1) is 0 Å². The molecule has 17 heavy (non-hydrogen) atoms. The number of nitrogens with zero attached hydrogens (tertiary/aromatic N) is 1. The third-order valence-corrected chi connectivity index (χ3v) is 3.64. The Morgan fingerprint density at radius 2 is 2.41 bits per heavy atom. The molecule has 1 aromatic carbocycles. The lowest BCUT2D eigenvalue weighted by Crippen LogP contribution is -2.45. The summed E-state index contributed by atoms with van der Waals surface area (Å²) in [5, 5.41) is 13.7. The molecule has 2 atom stereocenters. The van der Waals surface area contributed by atoms with E-state index in [0.29, 0.717) is 24.2 Å². The van der Waals surface area contributed by atoms with Crippen LogP contribution in [-0.2, 0) is 10.4 Å². The van der Waals surface area contributed by atoms with E-state index in [1.807, 2.05) is 0 Å². The number of halogens is 1. The quantitative estimate of drug-likeness (QED) is 0.707. The lowest BCUT2D eigenvalue weighted by atomic mass is 9.93. The van der Waals surface area contributed by atoms with Crippen LogP contribution in [0.5, 0.6) is 0 Å². The zero-order valence-electron chi connectivity index (χ0n) is 9.40. The molecule has 2 N–H and O–H groups in total. The van der Waals surface area contributed by atoms with E-state index in [1.165, 1.54) is 19.1 Å². The molecule has 1 saturated heterocycles. The van der Waals surface area contributed by atoms with Crippen molar-refractivity contribution in [1.29, 1.82) is 0 Å². The Bertz CT molecular complexity index is 505. The number of carbonyl (C=O) groups excluding carboxylic acids is 1. The van der Waals surface area contributed by atoms with Gasteiger partial charge in [0.2, 0.25) is 5.91 Å². The van der Waals surface area contributed by atoms with Crippen molar-refractivity contribution in [1.82, 2.24) is 4.90 Å². The van der Waals surface area contributed by atoms with Gasteiger partial charge >= 0.3 is 0 Å². The number of likely N-dealkylation sites (tertiary alicyclic amines) is 1. The molecule has 2 aliphatic heterocycles. The number of fused-ring (bicyclic) bond motifs is 3. The predicted octanol–water partition coefficient (Wildman–Crippen LogP) is 1.02. The summed E-state index contributed by atoms with van der Waals surface area (Å²) in [5.41, 5.74) is 0.0828. The first kappa shape index (κ1) is 10.5. The number of nitrogens with one attached hydrogen (secondary N) is 1. The van der Waals surface area contributed by atoms with Gasteiger partial charge in [0.15, 0.2) is 0 Å². The average molecular weight is 236 g/mol. The summed E-state index contributed by atoms with van der Waals surface area (Å²) in [6.45, 7) is 1.95. The van der Waals surface area contributed by atoms with Crippen molar-refractivity contribution in [3.63, 3.8) is 0 Å². The standard InChI is InChI=1S/C12H13FN2O2/c1-7(16)15-5-4-12(17)9-6-8(13)2-3-10(9)14-11(12)15/h2-3,6,11,14,17H,4-5H2,1H3. The number of rotatable bonds is 0. The maximum Gasteiger partial charge on any atom is 0.221 e. The molecule has 0 aliphatic carbocycles. The second-order valence-electron chi connectivity index (χ2n) is 4.62. The van der Waals surface area contributed by atoms with Crippen molar-refractivity contribution in [2.45, 2.75) is 25.1 Å². The molecule has 2 heterocycles. The topological polar surface area (TPSA) is 52.6 Å². The van der Waals surface area contributed by atoms with Crippen molar-refractivity contribution >= 4 is 11.6 Å². The Labute approximate surface area is 98.0 Å². The van der Waals surface area contributed by atoms with Gasteiger partial charge in [0.1, 0.15) is 17.6 Å². The van der Waals surface area contributed by atoms with Crippen LogP contribution in [0.15, 0.2) is 18.2 Å². The smallest absolute Gasteiger partial charge is 0.221 e. The molecule has 4 nitrogen and oxygen atoms in total. The van der Waals surface area contributed by atoms with Gasteiger partial charge < -0.3 is 15.3 Å². The fourth-order valence-corrected chi connectivity index (χ4v) is 2.78. The average Bonchev–Trinajstić information content (AvgIpc) is 2.72. The molecule has 1 amide bonds. The second-order valence-corrected chi connectivity index (χ2v) is 4.62. The minimum atomic E-state index is -1.16. The van der Waals surface area contributed by atoms with Crippen LogP contribution in [0.2, 0.25) is 0 Å². The van der Waals surface area contributed by atoms with E-state index in [4.69, 9.17) is 0 Å². The predicted molar refractivity (Wildman–Crippen MR) is 59.7 cm³/mol. The van der Waals surface area contributed by atoms with E-state index >= 15 is 0 Å². The molecule has 0 bridgehead atoms. The van der Waals surface area contributed by atoms with Gasteiger partial charge in [0.25, 0.3) is 0 Å². The first-order valence-corrected chi connectivity index (χ1v) is 5.58. The molecule has 0 aromatic heterocycles. The Morgan fingerprint density at radius 3 is 3.12 bits per heavy atom. The first-order valence-electron chi connectivity index (χ1n) is 5.58. The Hall–Kier alpha value is -1.62. The molecular weight excluding hydrogens is 223 g/mol.